The Morgan fingerprint density at radius 1 is 0.455 bits per heavy atom. The molecule has 8 nitrogen and oxygen atoms in total. The standard InChI is InChI=1S/C24H38O4.C6H6.C4H10O2.C2H6O2/c1-3-5-7-9-11-15-19-27-23(25)21-17-13-14-18-22(21)24(26)28-20-16-12-10-8-6-4-2;1-2-4-6-5-3-1;5-3-1-2-4-6;3-1-2-4/h13-14,17-18H,3-12,15-16,19-20H2,1-2H3;1-6H;5-6H,1-4H2;3-4H,1-2H2. The van der Waals surface area contributed by atoms with E-state index in [4.69, 9.17) is 29.9 Å². The summed E-state index contributed by atoms with van der Waals surface area (Å²) in [4.78, 5) is 24.7. The number of carbonyl (C=O) groups excluding carboxylic acids is 2. The summed E-state index contributed by atoms with van der Waals surface area (Å²) in [6.45, 7) is 5.31. The maximum atomic E-state index is 12.4. The first-order chi connectivity index (χ1) is 21.5. The number of unbranched alkanes of at least 4 members (excludes halogenated alkanes) is 11. The molecule has 44 heavy (non-hydrogen) atoms. The van der Waals surface area contributed by atoms with Gasteiger partial charge in [-0.25, -0.2) is 9.59 Å². The van der Waals surface area contributed by atoms with Crippen LogP contribution < -0.4 is 0 Å². The molecule has 0 aliphatic carbocycles. The fourth-order valence-electron chi connectivity index (χ4n) is 3.70. The highest BCUT2D eigenvalue weighted by atomic mass is 16.5. The molecular weight excluding hydrogens is 560 g/mol. The van der Waals surface area contributed by atoms with Crippen molar-refractivity contribution in [2.45, 2.75) is 104 Å². The molecule has 8 heteroatoms. The largest absolute Gasteiger partial charge is 0.462 e. The van der Waals surface area contributed by atoms with Gasteiger partial charge in [0.2, 0.25) is 0 Å². The topological polar surface area (TPSA) is 134 Å². The van der Waals surface area contributed by atoms with Crippen molar-refractivity contribution >= 4 is 11.9 Å². The van der Waals surface area contributed by atoms with Gasteiger partial charge in [-0.3, -0.25) is 0 Å². The van der Waals surface area contributed by atoms with Gasteiger partial charge in [-0.2, -0.15) is 0 Å². The summed E-state index contributed by atoms with van der Waals surface area (Å²) >= 11 is 0. The lowest BCUT2D eigenvalue weighted by molar-refractivity contribution is 0.0450. The van der Waals surface area contributed by atoms with Crippen molar-refractivity contribution in [3.8, 4) is 0 Å². The van der Waals surface area contributed by atoms with Gasteiger partial charge in [-0.05, 0) is 37.8 Å². The van der Waals surface area contributed by atoms with E-state index in [1.807, 2.05) is 36.4 Å². The summed E-state index contributed by atoms with van der Waals surface area (Å²) < 4.78 is 10.7. The number of carbonyl (C=O) groups is 2. The van der Waals surface area contributed by atoms with Crippen LogP contribution in [0.15, 0.2) is 60.7 Å². The van der Waals surface area contributed by atoms with E-state index in [1.165, 1.54) is 51.4 Å². The molecule has 2 aromatic carbocycles. The van der Waals surface area contributed by atoms with E-state index in [9.17, 15) is 9.59 Å². The van der Waals surface area contributed by atoms with Crippen LogP contribution in [0.4, 0.5) is 0 Å². The van der Waals surface area contributed by atoms with Crippen LogP contribution in [-0.4, -0.2) is 72.0 Å². The van der Waals surface area contributed by atoms with Crippen molar-refractivity contribution in [2.24, 2.45) is 0 Å². The van der Waals surface area contributed by atoms with E-state index < -0.39 is 11.9 Å². The lowest BCUT2D eigenvalue weighted by Gasteiger charge is -2.10. The Kier molecular flexibility index (Phi) is 35.9. The van der Waals surface area contributed by atoms with Gasteiger partial charge in [0.15, 0.2) is 0 Å². The molecule has 0 aliphatic rings. The number of ether oxygens (including phenoxy) is 2. The molecule has 0 radical (unpaired) electrons. The van der Waals surface area contributed by atoms with Gasteiger partial charge in [-0.15, -0.1) is 0 Å². The Balaban J connectivity index is 0. The second-order valence-electron chi connectivity index (χ2n) is 10.1. The second kappa shape index (κ2) is 36.4. The molecule has 0 fully saturated rings. The Hall–Kier alpha value is -2.78. The van der Waals surface area contributed by atoms with Gasteiger partial charge in [0.05, 0.1) is 37.6 Å². The molecule has 0 atom stereocenters. The maximum absolute atomic E-state index is 12.4. The maximum Gasteiger partial charge on any atom is 0.339 e. The first-order valence-electron chi connectivity index (χ1n) is 16.4. The van der Waals surface area contributed by atoms with E-state index in [2.05, 4.69) is 13.8 Å². The van der Waals surface area contributed by atoms with Gasteiger partial charge in [0.1, 0.15) is 0 Å². The SMILES string of the molecule is CCCCCCCCOC(=O)c1ccccc1C(=O)OCCCCCCCC.OCCCCO.OCCO.c1ccccc1. The van der Waals surface area contributed by atoms with Crippen LogP contribution in [0.3, 0.4) is 0 Å². The van der Waals surface area contributed by atoms with E-state index in [0.29, 0.717) is 24.3 Å². The van der Waals surface area contributed by atoms with E-state index in [-0.39, 0.29) is 26.4 Å². The number of hydrogen-bond donors (Lipinski definition) is 4. The van der Waals surface area contributed by atoms with Crippen molar-refractivity contribution in [2.75, 3.05) is 39.6 Å². The van der Waals surface area contributed by atoms with Gasteiger partial charge in [0, 0.05) is 13.2 Å². The summed E-state index contributed by atoms with van der Waals surface area (Å²) in [7, 11) is 0. The third kappa shape index (κ3) is 29.3. The summed E-state index contributed by atoms with van der Waals surface area (Å²) in [6.07, 6.45) is 15.1. The minimum atomic E-state index is -0.444. The normalized spacial score (nSPS) is 9.77. The molecule has 0 saturated carbocycles. The molecule has 0 unspecified atom stereocenters. The second-order valence-corrected chi connectivity index (χ2v) is 10.1. The zero-order chi connectivity index (χ0) is 32.9. The third-order valence-corrected chi connectivity index (χ3v) is 6.16. The van der Waals surface area contributed by atoms with Gasteiger partial charge >= 0.3 is 11.9 Å². The molecule has 0 saturated heterocycles. The van der Waals surface area contributed by atoms with Crippen molar-refractivity contribution < 1.29 is 39.5 Å². The molecule has 0 aromatic heterocycles. The first kappa shape index (κ1) is 43.3. The Morgan fingerprint density at radius 3 is 1.07 bits per heavy atom. The Bertz CT molecular complexity index is 779. The third-order valence-electron chi connectivity index (χ3n) is 6.16. The van der Waals surface area contributed by atoms with Crippen LogP contribution in [0.1, 0.15) is 124 Å². The van der Waals surface area contributed by atoms with Crippen LogP contribution in [0, 0.1) is 0 Å². The summed E-state index contributed by atoms with van der Waals surface area (Å²) in [5.41, 5.74) is 0.586. The predicted molar refractivity (Wildman–Crippen MR) is 178 cm³/mol. The highest BCUT2D eigenvalue weighted by molar-refractivity contribution is 6.03. The van der Waals surface area contributed by atoms with Gasteiger partial charge in [0.25, 0.3) is 0 Å². The molecule has 4 N–H and O–H groups in total. The minimum Gasteiger partial charge on any atom is -0.462 e. The number of benzene rings is 2. The van der Waals surface area contributed by atoms with Crippen molar-refractivity contribution in [1.29, 1.82) is 0 Å². The van der Waals surface area contributed by atoms with Crippen LogP contribution in [0.25, 0.3) is 0 Å². The highest BCUT2D eigenvalue weighted by Gasteiger charge is 2.18. The van der Waals surface area contributed by atoms with Crippen LogP contribution in [0.5, 0.6) is 0 Å². The molecule has 252 valence electrons. The number of esters is 2. The molecule has 0 bridgehead atoms. The zero-order valence-corrected chi connectivity index (χ0v) is 27.3. The molecule has 0 spiro atoms. The molecule has 0 amide bonds. The quantitative estimate of drug-likeness (QED) is 0.0908. The Morgan fingerprint density at radius 2 is 0.773 bits per heavy atom. The van der Waals surface area contributed by atoms with Crippen LogP contribution >= 0.6 is 0 Å². The summed E-state index contributed by atoms with van der Waals surface area (Å²) in [6, 6.07) is 18.7. The summed E-state index contributed by atoms with van der Waals surface area (Å²) in [5.74, 6) is -0.888. The average Bonchev–Trinajstić information content (AvgIpc) is 3.07. The zero-order valence-electron chi connectivity index (χ0n) is 27.3. The highest BCUT2D eigenvalue weighted by Crippen LogP contribution is 2.14. The predicted octanol–water partition coefficient (Wildman–Crippen LogP) is 7.13. The van der Waals surface area contributed by atoms with E-state index >= 15 is 0 Å². The molecule has 0 heterocycles. The number of aliphatic hydroxyl groups is 4. The first-order valence-corrected chi connectivity index (χ1v) is 16.4. The van der Waals surface area contributed by atoms with Crippen molar-refractivity contribution in [3.05, 3.63) is 71.8 Å². The number of aliphatic hydroxyl groups excluding tert-OH is 4. The lowest BCUT2D eigenvalue weighted by atomic mass is 10.1. The van der Waals surface area contributed by atoms with Crippen LogP contribution in [0.2, 0.25) is 0 Å². The van der Waals surface area contributed by atoms with E-state index in [1.54, 1.807) is 24.3 Å². The van der Waals surface area contributed by atoms with Crippen molar-refractivity contribution in [3.63, 3.8) is 0 Å². The van der Waals surface area contributed by atoms with Gasteiger partial charge < -0.3 is 29.9 Å². The smallest absolute Gasteiger partial charge is 0.339 e. The lowest BCUT2D eigenvalue weighted by Crippen LogP contribution is -2.15. The number of rotatable bonds is 20. The number of hydrogen-bond acceptors (Lipinski definition) is 8. The fraction of sp³-hybridized carbons (Fsp3) is 0.611. The minimum absolute atomic E-state index is 0.125. The van der Waals surface area contributed by atoms with E-state index in [0.717, 1.165) is 38.5 Å². The molecule has 0 aliphatic heterocycles. The molecule has 2 rings (SSSR count). The average molecular weight is 621 g/mol. The Labute approximate surface area is 266 Å². The summed E-state index contributed by atoms with van der Waals surface area (Å²) in [5, 5.41) is 31.4. The monoisotopic (exact) mass is 620 g/mol. The fourth-order valence-corrected chi connectivity index (χ4v) is 3.70. The van der Waals surface area contributed by atoms with Gasteiger partial charge in [-0.1, -0.05) is 127 Å². The van der Waals surface area contributed by atoms with Crippen LogP contribution in [-0.2, 0) is 9.47 Å². The molecular formula is C36H60O8. The molecule has 2 aromatic rings. The van der Waals surface area contributed by atoms with Crippen molar-refractivity contribution in [1.82, 2.24) is 0 Å².